The molecule has 3 N–H and O–H groups in total. The van der Waals surface area contributed by atoms with Crippen molar-refractivity contribution >= 4 is 27.2 Å². The highest BCUT2D eigenvalue weighted by molar-refractivity contribution is 7.89. The Hall–Kier alpha value is -1.90. The van der Waals surface area contributed by atoms with Crippen molar-refractivity contribution in [3.8, 4) is 0 Å². The molecule has 0 spiro atoms. The smallest absolute Gasteiger partial charge is 0.241 e. The summed E-state index contributed by atoms with van der Waals surface area (Å²) >= 11 is 4.72. The van der Waals surface area contributed by atoms with Gasteiger partial charge in [-0.15, -0.1) is 0 Å². The van der Waals surface area contributed by atoms with Crippen LogP contribution in [0.3, 0.4) is 0 Å². The summed E-state index contributed by atoms with van der Waals surface area (Å²) < 4.78 is 40.6. The summed E-state index contributed by atoms with van der Waals surface area (Å²) in [6, 6.07) is 7.05. The molecule has 0 saturated heterocycles. The number of nitrogens with one attached hydrogen (secondary N) is 1. The third-order valence-corrected chi connectivity index (χ3v) is 4.35. The van der Waals surface area contributed by atoms with Gasteiger partial charge in [-0.05, 0) is 23.8 Å². The fraction of sp³-hybridized carbons (Fsp3) is 0.0769. The molecule has 0 amide bonds. The summed E-state index contributed by atoms with van der Waals surface area (Å²) in [6.07, 6.45) is 3.11. The normalized spacial score (nSPS) is 11.3. The molecular formula is C13H12FN3O2S2. The second-order valence-corrected chi connectivity index (χ2v) is 6.34. The quantitative estimate of drug-likeness (QED) is 0.810. The zero-order chi connectivity index (χ0) is 15.5. The van der Waals surface area contributed by atoms with Crippen LogP contribution >= 0.6 is 12.2 Å². The Morgan fingerprint density at radius 3 is 2.71 bits per heavy atom. The Morgan fingerprint density at radius 1 is 1.33 bits per heavy atom. The lowest BCUT2D eigenvalue weighted by molar-refractivity contribution is 0.576. The first-order valence-corrected chi connectivity index (χ1v) is 7.78. The summed E-state index contributed by atoms with van der Waals surface area (Å²) in [5.41, 5.74) is 5.80. The third kappa shape index (κ3) is 3.60. The molecule has 1 aromatic carbocycles. The van der Waals surface area contributed by atoms with Crippen LogP contribution in [-0.4, -0.2) is 18.4 Å². The van der Waals surface area contributed by atoms with E-state index in [1.807, 2.05) is 0 Å². The molecule has 0 unspecified atom stereocenters. The van der Waals surface area contributed by atoms with Crippen LogP contribution < -0.4 is 10.5 Å². The molecule has 0 atom stereocenters. The molecule has 0 fully saturated rings. The lowest BCUT2D eigenvalue weighted by atomic mass is 10.2. The third-order valence-electron chi connectivity index (χ3n) is 2.70. The Bertz CT molecular complexity index is 764. The van der Waals surface area contributed by atoms with Gasteiger partial charge in [0.05, 0.1) is 10.5 Å². The maximum Gasteiger partial charge on any atom is 0.241 e. The molecule has 0 aliphatic rings. The van der Waals surface area contributed by atoms with E-state index in [-0.39, 0.29) is 22.0 Å². The van der Waals surface area contributed by atoms with Gasteiger partial charge >= 0.3 is 0 Å². The molecule has 1 heterocycles. The number of sulfonamides is 1. The second-order valence-electron chi connectivity index (χ2n) is 4.16. The van der Waals surface area contributed by atoms with Crippen molar-refractivity contribution in [2.45, 2.75) is 11.4 Å². The molecule has 2 rings (SSSR count). The van der Waals surface area contributed by atoms with E-state index < -0.39 is 15.8 Å². The molecule has 21 heavy (non-hydrogen) atoms. The van der Waals surface area contributed by atoms with E-state index in [4.69, 9.17) is 18.0 Å². The predicted octanol–water partition coefficient (Wildman–Crippen LogP) is 1.33. The summed E-state index contributed by atoms with van der Waals surface area (Å²) in [5.74, 6) is -0.772. The number of halogens is 1. The first-order valence-electron chi connectivity index (χ1n) is 5.88. The van der Waals surface area contributed by atoms with Crippen molar-refractivity contribution in [3.05, 3.63) is 59.7 Å². The molecule has 110 valence electrons. The van der Waals surface area contributed by atoms with Crippen molar-refractivity contribution in [2.24, 2.45) is 5.73 Å². The molecule has 0 radical (unpaired) electrons. The molecule has 0 saturated carbocycles. The van der Waals surface area contributed by atoms with E-state index in [0.29, 0.717) is 5.56 Å². The minimum absolute atomic E-state index is 0.0312. The molecule has 8 heteroatoms. The van der Waals surface area contributed by atoms with E-state index in [1.165, 1.54) is 18.3 Å². The van der Waals surface area contributed by atoms with E-state index in [1.54, 1.807) is 18.3 Å². The van der Waals surface area contributed by atoms with Crippen molar-refractivity contribution in [1.82, 2.24) is 9.71 Å². The van der Waals surface area contributed by atoms with Gasteiger partial charge in [0.2, 0.25) is 10.0 Å². The van der Waals surface area contributed by atoms with Crippen molar-refractivity contribution in [2.75, 3.05) is 0 Å². The highest BCUT2D eigenvalue weighted by Crippen LogP contribution is 2.19. The first-order chi connectivity index (χ1) is 9.92. The number of hydrogen-bond donors (Lipinski definition) is 2. The van der Waals surface area contributed by atoms with Crippen LogP contribution in [0.15, 0.2) is 47.6 Å². The number of hydrogen-bond acceptors (Lipinski definition) is 4. The van der Waals surface area contributed by atoms with Gasteiger partial charge in [-0.2, -0.15) is 0 Å². The number of nitrogens with zero attached hydrogens (tertiary/aromatic N) is 1. The summed E-state index contributed by atoms with van der Waals surface area (Å²) in [5, 5.41) is 0. The standard InChI is InChI=1S/C13H12FN3O2S2/c14-10-4-1-5-11(12(10)13(15)20)21(18,19)17-8-9-3-2-6-16-7-9/h1-7,17H,8H2,(H2,15,20). The highest BCUT2D eigenvalue weighted by atomic mass is 32.2. The van der Waals surface area contributed by atoms with E-state index in [9.17, 15) is 12.8 Å². The molecule has 1 aromatic heterocycles. The largest absolute Gasteiger partial charge is 0.389 e. The Kier molecular flexibility index (Phi) is 4.61. The highest BCUT2D eigenvalue weighted by Gasteiger charge is 2.22. The van der Waals surface area contributed by atoms with Crippen LogP contribution in [0, 0.1) is 5.82 Å². The van der Waals surface area contributed by atoms with E-state index >= 15 is 0 Å². The molecule has 0 aliphatic carbocycles. The van der Waals surface area contributed by atoms with Gasteiger partial charge in [-0.25, -0.2) is 17.5 Å². The molecule has 2 aromatic rings. The number of pyridine rings is 1. The Labute approximate surface area is 127 Å². The lowest BCUT2D eigenvalue weighted by Crippen LogP contribution is -2.27. The van der Waals surface area contributed by atoms with Crippen molar-refractivity contribution < 1.29 is 12.8 Å². The van der Waals surface area contributed by atoms with Gasteiger partial charge in [0, 0.05) is 18.9 Å². The molecular weight excluding hydrogens is 313 g/mol. The Morgan fingerprint density at radius 2 is 2.10 bits per heavy atom. The molecule has 5 nitrogen and oxygen atoms in total. The van der Waals surface area contributed by atoms with Gasteiger partial charge in [-0.1, -0.05) is 24.4 Å². The van der Waals surface area contributed by atoms with Gasteiger partial charge in [-0.3, -0.25) is 4.98 Å². The first kappa shape index (κ1) is 15.5. The topological polar surface area (TPSA) is 85.1 Å². The zero-order valence-corrected chi connectivity index (χ0v) is 12.4. The van der Waals surface area contributed by atoms with Crippen molar-refractivity contribution in [1.29, 1.82) is 0 Å². The monoisotopic (exact) mass is 325 g/mol. The number of aromatic nitrogens is 1. The maximum atomic E-state index is 13.7. The van der Waals surface area contributed by atoms with Crippen LogP contribution in [0.5, 0.6) is 0 Å². The van der Waals surface area contributed by atoms with E-state index in [2.05, 4.69) is 9.71 Å². The number of thiocarbonyl (C=S) groups is 1. The van der Waals surface area contributed by atoms with Crippen molar-refractivity contribution in [3.63, 3.8) is 0 Å². The van der Waals surface area contributed by atoms with Gasteiger partial charge in [0.15, 0.2) is 0 Å². The minimum Gasteiger partial charge on any atom is -0.389 e. The number of nitrogens with two attached hydrogens (primary N) is 1. The average Bonchev–Trinajstić information content (AvgIpc) is 2.46. The lowest BCUT2D eigenvalue weighted by Gasteiger charge is -2.11. The number of rotatable bonds is 5. The van der Waals surface area contributed by atoms with E-state index in [0.717, 1.165) is 6.07 Å². The van der Waals surface area contributed by atoms with Gasteiger partial charge in [0.1, 0.15) is 10.8 Å². The van der Waals surface area contributed by atoms with Crippen LogP contribution in [0.4, 0.5) is 4.39 Å². The Balaban J connectivity index is 2.32. The summed E-state index contributed by atoms with van der Waals surface area (Å²) in [7, 11) is -3.94. The van der Waals surface area contributed by atoms with Crippen LogP contribution in [0.1, 0.15) is 11.1 Å². The fourth-order valence-corrected chi connectivity index (χ4v) is 3.24. The predicted molar refractivity (Wildman–Crippen MR) is 80.5 cm³/mol. The second kappa shape index (κ2) is 6.25. The van der Waals surface area contributed by atoms with Crippen LogP contribution in [-0.2, 0) is 16.6 Å². The summed E-state index contributed by atoms with van der Waals surface area (Å²) in [6.45, 7) is 0.0312. The van der Waals surface area contributed by atoms with Gasteiger partial charge < -0.3 is 5.73 Å². The van der Waals surface area contributed by atoms with Crippen LogP contribution in [0.25, 0.3) is 0 Å². The van der Waals surface area contributed by atoms with Gasteiger partial charge in [0.25, 0.3) is 0 Å². The number of benzene rings is 1. The molecule has 0 aliphatic heterocycles. The molecule has 0 bridgehead atoms. The average molecular weight is 325 g/mol. The maximum absolute atomic E-state index is 13.7. The minimum atomic E-state index is -3.94. The van der Waals surface area contributed by atoms with Crippen LogP contribution in [0.2, 0.25) is 0 Å². The fourth-order valence-electron chi connectivity index (χ4n) is 1.73. The SMILES string of the molecule is NC(=S)c1c(F)cccc1S(=O)(=O)NCc1cccnc1. The summed E-state index contributed by atoms with van der Waals surface area (Å²) in [4.78, 5) is 3.29. The zero-order valence-electron chi connectivity index (χ0n) is 10.8.